The molecule has 0 spiro atoms. The van der Waals surface area contributed by atoms with Gasteiger partial charge in [0, 0.05) is 37.3 Å². The highest BCUT2D eigenvalue weighted by atomic mass is 35.5. The summed E-state index contributed by atoms with van der Waals surface area (Å²) in [5.41, 5.74) is 6.59. The summed E-state index contributed by atoms with van der Waals surface area (Å²) in [7, 11) is 0. The van der Waals surface area contributed by atoms with Crippen molar-refractivity contribution in [2.24, 2.45) is 5.73 Å². The highest BCUT2D eigenvalue weighted by Gasteiger charge is 2.44. The van der Waals surface area contributed by atoms with Crippen LogP contribution in [0.4, 0.5) is 4.39 Å². The predicted octanol–water partition coefficient (Wildman–Crippen LogP) is 2.44. The van der Waals surface area contributed by atoms with Crippen LogP contribution in [-0.2, 0) is 4.79 Å². The molecule has 35 heavy (non-hydrogen) atoms. The molecule has 9 nitrogen and oxygen atoms in total. The minimum Gasteiger partial charge on any atom is -0.360 e. The van der Waals surface area contributed by atoms with E-state index in [4.69, 9.17) is 21.9 Å². The Morgan fingerprint density at radius 2 is 1.77 bits per heavy atom. The molecule has 3 N–H and O–H groups in total. The van der Waals surface area contributed by atoms with Crippen molar-refractivity contribution in [2.45, 2.75) is 13.1 Å². The van der Waals surface area contributed by atoms with Crippen molar-refractivity contribution in [1.29, 1.82) is 0 Å². The lowest BCUT2D eigenvalue weighted by molar-refractivity contribution is -0.128. The summed E-state index contributed by atoms with van der Waals surface area (Å²) in [5, 5.41) is 7.05. The lowest BCUT2D eigenvalue weighted by atomic mass is 10.0. The first kappa shape index (κ1) is 24.4. The summed E-state index contributed by atoms with van der Waals surface area (Å²) in [6.45, 7) is 2.10. The van der Waals surface area contributed by atoms with Crippen molar-refractivity contribution >= 4 is 29.3 Å². The van der Waals surface area contributed by atoms with Crippen molar-refractivity contribution in [3.8, 4) is 11.3 Å². The molecule has 11 heteroatoms. The first-order chi connectivity index (χ1) is 16.8. The Morgan fingerprint density at radius 3 is 2.43 bits per heavy atom. The van der Waals surface area contributed by atoms with Crippen LogP contribution >= 0.6 is 11.6 Å². The molecule has 1 unspecified atom stereocenters. The number of hydrogen-bond donors (Lipinski definition) is 2. The molecule has 1 aliphatic heterocycles. The highest BCUT2D eigenvalue weighted by Crippen LogP contribution is 2.33. The average Bonchev–Trinajstić information content (AvgIpc) is 3.46. The second-order valence-electron chi connectivity index (χ2n) is 7.90. The monoisotopic (exact) mass is 499 g/mol. The molecule has 0 bridgehead atoms. The summed E-state index contributed by atoms with van der Waals surface area (Å²) < 4.78 is 18.7. The van der Waals surface area contributed by atoms with E-state index in [0.717, 1.165) is 12.1 Å². The number of nitrogens with one attached hydrogen (secondary N) is 1. The molecule has 0 radical (unpaired) electrons. The van der Waals surface area contributed by atoms with Gasteiger partial charge in [0.2, 0.25) is 0 Å². The maximum Gasteiger partial charge on any atom is 0.263 e. The summed E-state index contributed by atoms with van der Waals surface area (Å²) in [6, 6.07) is 11.8. The van der Waals surface area contributed by atoms with Gasteiger partial charge in [0.15, 0.2) is 6.17 Å². The van der Waals surface area contributed by atoms with E-state index in [1.807, 2.05) is 0 Å². The van der Waals surface area contributed by atoms with Gasteiger partial charge >= 0.3 is 0 Å². The van der Waals surface area contributed by atoms with Crippen molar-refractivity contribution in [3.63, 3.8) is 0 Å². The normalized spacial score (nSPS) is 15.4. The molecule has 1 aliphatic rings. The third kappa shape index (κ3) is 4.75. The second kappa shape index (κ2) is 10.2. The fourth-order valence-electron chi connectivity index (χ4n) is 3.99. The fourth-order valence-corrected chi connectivity index (χ4v) is 4.21. The summed E-state index contributed by atoms with van der Waals surface area (Å²) in [5.74, 6) is -1.87. The van der Waals surface area contributed by atoms with E-state index in [9.17, 15) is 18.8 Å². The van der Waals surface area contributed by atoms with Crippen LogP contribution in [-0.4, -0.2) is 65.0 Å². The Bertz CT molecular complexity index is 1260. The molecule has 3 aromatic rings. The van der Waals surface area contributed by atoms with Gasteiger partial charge in [-0.3, -0.25) is 14.4 Å². The van der Waals surface area contributed by atoms with E-state index in [-0.39, 0.29) is 48.8 Å². The maximum absolute atomic E-state index is 13.8. The second-order valence-corrected chi connectivity index (χ2v) is 8.31. The molecule has 1 saturated heterocycles. The number of amides is 3. The Hall–Kier alpha value is -3.76. The first-order valence-electron chi connectivity index (χ1n) is 10.9. The number of carbonyl (C=O) groups excluding carboxylic acids is 3. The van der Waals surface area contributed by atoms with Gasteiger partial charge in [-0.15, -0.1) is 0 Å². The minimum absolute atomic E-state index is 0.0824. The van der Waals surface area contributed by atoms with E-state index in [1.54, 1.807) is 31.2 Å². The van der Waals surface area contributed by atoms with E-state index >= 15 is 0 Å². The molecular weight excluding hydrogens is 477 g/mol. The molecular formula is C24H23ClFN5O4. The molecule has 4 rings (SSSR count). The summed E-state index contributed by atoms with van der Waals surface area (Å²) in [6.07, 6.45) is -1.25. The van der Waals surface area contributed by atoms with Gasteiger partial charge in [0.05, 0.1) is 5.02 Å². The van der Waals surface area contributed by atoms with Crippen molar-refractivity contribution in [3.05, 3.63) is 76.3 Å². The van der Waals surface area contributed by atoms with Crippen LogP contribution in [0.3, 0.4) is 0 Å². The van der Waals surface area contributed by atoms with Crippen LogP contribution in [0.15, 0.2) is 53.1 Å². The zero-order chi connectivity index (χ0) is 25.1. The number of aryl methyl sites for hydroxylation is 1. The molecule has 1 fully saturated rings. The number of halogens is 2. The number of rotatable bonds is 6. The molecule has 182 valence electrons. The minimum atomic E-state index is -1.25. The van der Waals surface area contributed by atoms with Crippen molar-refractivity contribution < 1.29 is 23.3 Å². The topological polar surface area (TPSA) is 122 Å². The quantitative estimate of drug-likeness (QED) is 0.537. The number of hydrogen-bond acceptors (Lipinski definition) is 6. The van der Waals surface area contributed by atoms with E-state index in [1.165, 1.54) is 21.9 Å². The molecule has 2 aromatic carbocycles. The zero-order valence-electron chi connectivity index (χ0n) is 18.8. The largest absolute Gasteiger partial charge is 0.360 e. The number of aromatic nitrogens is 1. The van der Waals surface area contributed by atoms with Gasteiger partial charge in [-0.2, -0.15) is 0 Å². The van der Waals surface area contributed by atoms with E-state index < -0.39 is 29.7 Å². The van der Waals surface area contributed by atoms with Gasteiger partial charge in [0.25, 0.3) is 17.7 Å². The van der Waals surface area contributed by atoms with Crippen LogP contribution in [0.1, 0.15) is 26.5 Å². The smallest absolute Gasteiger partial charge is 0.263 e. The van der Waals surface area contributed by atoms with Crippen LogP contribution < -0.4 is 11.1 Å². The zero-order valence-corrected chi connectivity index (χ0v) is 19.6. The Balaban J connectivity index is 1.71. The fraction of sp³-hybridized carbons (Fsp3) is 0.250. The van der Waals surface area contributed by atoms with Gasteiger partial charge in [-0.1, -0.05) is 35.0 Å². The Morgan fingerprint density at radius 1 is 1.11 bits per heavy atom. The third-order valence-corrected chi connectivity index (χ3v) is 6.00. The molecule has 3 amide bonds. The van der Waals surface area contributed by atoms with E-state index in [0.29, 0.717) is 10.6 Å². The lowest BCUT2D eigenvalue weighted by Gasteiger charge is -2.29. The number of carbonyl (C=O) groups is 3. The predicted molar refractivity (Wildman–Crippen MR) is 126 cm³/mol. The summed E-state index contributed by atoms with van der Waals surface area (Å²) >= 11 is 6.32. The number of nitrogens with zero attached hydrogens (tertiary/aromatic N) is 3. The van der Waals surface area contributed by atoms with E-state index in [2.05, 4.69) is 10.5 Å². The van der Waals surface area contributed by atoms with Gasteiger partial charge in [-0.25, -0.2) is 4.39 Å². The molecule has 1 aromatic heterocycles. The van der Waals surface area contributed by atoms with Crippen LogP contribution in [0, 0.1) is 12.7 Å². The lowest BCUT2D eigenvalue weighted by Crippen LogP contribution is -2.54. The Kier molecular flexibility index (Phi) is 7.13. The average molecular weight is 500 g/mol. The first-order valence-corrected chi connectivity index (χ1v) is 11.3. The molecule has 0 aliphatic carbocycles. The highest BCUT2D eigenvalue weighted by molar-refractivity contribution is 6.33. The standard InChI is InChI=1S/C24H23ClFN5O4/c1-14-19(20(29-35-14)17-4-2-3-5-18(17)25)24(34)31-13-12-30(22(31)21(32)28-11-10-27)23(33)15-6-8-16(26)9-7-15/h2-9,22H,10-13,27H2,1H3,(H,28,32). The van der Waals surface area contributed by atoms with Crippen LogP contribution in [0.2, 0.25) is 5.02 Å². The van der Waals surface area contributed by atoms with Gasteiger partial charge < -0.3 is 25.4 Å². The third-order valence-electron chi connectivity index (χ3n) is 5.67. The number of nitrogens with two attached hydrogens (primary N) is 1. The molecule has 1 atom stereocenters. The summed E-state index contributed by atoms with van der Waals surface area (Å²) in [4.78, 5) is 42.6. The maximum atomic E-state index is 13.8. The Labute approximate surface area is 205 Å². The van der Waals surface area contributed by atoms with Crippen LogP contribution in [0.5, 0.6) is 0 Å². The number of benzene rings is 2. The molecule has 0 saturated carbocycles. The molecule has 2 heterocycles. The van der Waals surface area contributed by atoms with Gasteiger partial charge in [-0.05, 0) is 37.3 Å². The van der Waals surface area contributed by atoms with Gasteiger partial charge in [0.1, 0.15) is 22.8 Å². The van der Waals surface area contributed by atoms with Crippen molar-refractivity contribution in [1.82, 2.24) is 20.3 Å². The van der Waals surface area contributed by atoms with Crippen LogP contribution in [0.25, 0.3) is 11.3 Å². The SMILES string of the molecule is Cc1onc(-c2ccccc2Cl)c1C(=O)N1CCN(C(=O)c2ccc(F)cc2)C1C(=O)NCCN. The van der Waals surface area contributed by atoms with Crippen molar-refractivity contribution in [2.75, 3.05) is 26.2 Å².